The number of aromatic nitrogens is 2. The Morgan fingerprint density at radius 2 is 2.05 bits per heavy atom. The van der Waals surface area contributed by atoms with E-state index in [4.69, 9.17) is 0 Å². The summed E-state index contributed by atoms with van der Waals surface area (Å²) in [6.45, 7) is 0. The molecule has 0 fully saturated rings. The van der Waals surface area contributed by atoms with E-state index in [1.807, 2.05) is 24.3 Å². The van der Waals surface area contributed by atoms with E-state index in [0.717, 1.165) is 11.0 Å². The Morgan fingerprint density at radius 3 is 2.90 bits per heavy atom. The van der Waals surface area contributed by atoms with Gasteiger partial charge >= 0.3 is 0 Å². The molecule has 0 N–H and O–H groups in total. The molecule has 3 aromatic rings. The van der Waals surface area contributed by atoms with E-state index in [0.29, 0.717) is 5.56 Å². The summed E-state index contributed by atoms with van der Waals surface area (Å²) in [6, 6.07) is 13.9. The fourth-order valence-electron chi connectivity index (χ4n) is 1.89. The molecule has 0 aliphatic rings. The van der Waals surface area contributed by atoms with Gasteiger partial charge in [-0.05, 0) is 12.1 Å². The number of hydrogen-bond donors (Lipinski definition) is 0. The maximum Gasteiger partial charge on any atom is 0.270 e. The van der Waals surface area contributed by atoms with E-state index < -0.39 is 4.92 Å². The van der Waals surface area contributed by atoms with Crippen molar-refractivity contribution in [3.05, 3.63) is 70.5 Å². The van der Waals surface area contributed by atoms with Gasteiger partial charge in [-0.25, -0.2) is 9.66 Å². The van der Waals surface area contributed by atoms with Crippen molar-refractivity contribution in [2.24, 2.45) is 5.10 Å². The minimum absolute atomic E-state index is 0.0458. The molecule has 0 aliphatic heterocycles. The number of hydrogen-bond acceptors (Lipinski definition) is 4. The minimum Gasteiger partial charge on any atom is -0.258 e. The lowest BCUT2D eigenvalue weighted by molar-refractivity contribution is -0.384. The van der Waals surface area contributed by atoms with Gasteiger partial charge < -0.3 is 0 Å². The summed E-state index contributed by atoms with van der Waals surface area (Å²) in [7, 11) is 0. The molecule has 6 nitrogen and oxygen atoms in total. The summed E-state index contributed by atoms with van der Waals surface area (Å²) in [6.07, 6.45) is 3.18. The van der Waals surface area contributed by atoms with Crippen LogP contribution in [0.5, 0.6) is 0 Å². The summed E-state index contributed by atoms with van der Waals surface area (Å²) in [5.74, 6) is 0. The fraction of sp³-hybridized carbons (Fsp3) is 0. The van der Waals surface area contributed by atoms with Crippen molar-refractivity contribution in [2.75, 3.05) is 0 Å². The summed E-state index contributed by atoms with van der Waals surface area (Å²) in [5, 5.41) is 15.0. The molecule has 0 radical (unpaired) electrons. The Bertz CT molecular complexity index is 808. The van der Waals surface area contributed by atoms with Crippen molar-refractivity contribution in [1.82, 2.24) is 9.66 Å². The maximum absolute atomic E-state index is 10.7. The van der Waals surface area contributed by atoms with Crippen LogP contribution in [-0.2, 0) is 0 Å². The molecule has 0 amide bonds. The van der Waals surface area contributed by atoms with Crippen LogP contribution in [0.1, 0.15) is 5.56 Å². The zero-order chi connectivity index (χ0) is 13.9. The summed E-state index contributed by atoms with van der Waals surface area (Å²) in [4.78, 5) is 14.5. The first-order valence-corrected chi connectivity index (χ1v) is 5.95. The molecule has 0 atom stereocenters. The average molecular weight is 266 g/mol. The Labute approximate surface area is 114 Å². The third kappa shape index (κ3) is 2.26. The van der Waals surface area contributed by atoms with Crippen LogP contribution in [0.3, 0.4) is 0 Å². The molecule has 0 spiro atoms. The Balaban J connectivity index is 1.94. The smallest absolute Gasteiger partial charge is 0.258 e. The Morgan fingerprint density at radius 1 is 1.20 bits per heavy atom. The SMILES string of the molecule is O=[N+]([O-])c1cccc(C=Nn2cnc3ccccc32)c1. The van der Waals surface area contributed by atoms with E-state index in [1.165, 1.54) is 12.1 Å². The number of fused-ring (bicyclic) bond motifs is 1. The quantitative estimate of drug-likeness (QED) is 0.415. The standard InChI is InChI=1S/C14H10N4O2/c19-18(20)12-5-3-4-11(8-12)9-16-17-10-15-13-6-1-2-7-14(13)17/h1-10H. The molecule has 3 rings (SSSR count). The number of benzene rings is 2. The summed E-state index contributed by atoms with van der Waals surface area (Å²) in [5.41, 5.74) is 2.44. The van der Waals surface area contributed by atoms with E-state index in [1.54, 1.807) is 29.4 Å². The van der Waals surface area contributed by atoms with Crippen molar-refractivity contribution in [2.45, 2.75) is 0 Å². The third-order valence-corrected chi connectivity index (χ3v) is 2.85. The van der Waals surface area contributed by atoms with Gasteiger partial charge in [0.1, 0.15) is 6.33 Å². The fourth-order valence-corrected chi connectivity index (χ4v) is 1.89. The van der Waals surface area contributed by atoms with Gasteiger partial charge in [0.05, 0.1) is 22.2 Å². The second kappa shape index (κ2) is 4.93. The van der Waals surface area contributed by atoms with Crippen LogP contribution in [0, 0.1) is 10.1 Å². The van der Waals surface area contributed by atoms with Crippen LogP contribution in [0.2, 0.25) is 0 Å². The highest BCUT2D eigenvalue weighted by Crippen LogP contribution is 2.13. The molecule has 98 valence electrons. The van der Waals surface area contributed by atoms with Crippen molar-refractivity contribution >= 4 is 22.9 Å². The predicted molar refractivity (Wildman–Crippen MR) is 75.8 cm³/mol. The van der Waals surface area contributed by atoms with Crippen LogP contribution in [0.4, 0.5) is 5.69 Å². The molecule has 0 saturated heterocycles. The van der Waals surface area contributed by atoms with Crippen molar-refractivity contribution in [3.63, 3.8) is 0 Å². The molecule has 6 heteroatoms. The first-order valence-electron chi connectivity index (χ1n) is 5.95. The first-order chi connectivity index (χ1) is 9.74. The molecular formula is C14H10N4O2. The normalized spacial score (nSPS) is 11.2. The second-order valence-corrected chi connectivity index (χ2v) is 4.17. The molecule has 20 heavy (non-hydrogen) atoms. The minimum atomic E-state index is -0.427. The number of imidazole rings is 1. The highest BCUT2D eigenvalue weighted by atomic mass is 16.6. The van der Waals surface area contributed by atoms with Gasteiger partial charge in [-0.3, -0.25) is 10.1 Å². The van der Waals surface area contributed by atoms with Crippen LogP contribution >= 0.6 is 0 Å². The van der Waals surface area contributed by atoms with Crippen LogP contribution < -0.4 is 0 Å². The molecule has 1 aromatic heterocycles. The highest BCUT2D eigenvalue weighted by molar-refractivity contribution is 5.82. The van der Waals surface area contributed by atoms with Gasteiger partial charge in [-0.1, -0.05) is 24.3 Å². The van der Waals surface area contributed by atoms with E-state index >= 15 is 0 Å². The Hall–Kier alpha value is -3.02. The molecule has 1 heterocycles. The monoisotopic (exact) mass is 266 g/mol. The lowest BCUT2D eigenvalue weighted by Crippen LogP contribution is -1.91. The van der Waals surface area contributed by atoms with E-state index in [9.17, 15) is 10.1 Å². The van der Waals surface area contributed by atoms with E-state index in [-0.39, 0.29) is 5.69 Å². The Kier molecular flexibility index (Phi) is 2.96. The predicted octanol–water partition coefficient (Wildman–Crippen LogP) is 2.83. The van der Waals surface area contributed by atoms with Gasteiger partial charge in [0.25, 0.3) is 5.69 Å². The topological polar surface area (TPSA) is 73.3 Å². The van der Waals surface area contributed by atoms with Crippen LogP contribution in [-0.4, -0.2) is 20.8 Å². The second-order valence-electron chi connectivity index (χ2n) is 4.17. The van der Waals surface area contributed by atoms with Crippen molar-refractivity contribution in [3.8, 4) is 0 Å². The molecule has 2 aromatic carbocycles. The number of nitro benzene ring substituents is 1. The molecule has 0 bridgehead atoms. The number of rotatable bonds is 3. The highest BCUT2D eigenvalue weighted by Gasteiger charge is 2.04. The van der Waals surface area contributed by atoms with Gasteiger partial charge in [0, 0.05) is 17.7 Å². The van der Waals surface area contributed by atoms with Gasteiger partial charge in [-0.15, -0.1) is 0 Å². The maximum atomic E-state index is 10.7. The van der Waals surface area contributed by atoms with Gasteiger partial charge in [0.2, 0.25) is 0 Å². The van der Waals surface area contributed by atoms with Crippen LogP contribution in [0.25, 0.3) is 11.0 Å². The summed E-state index contributed by atoms with van der Waals surface area (Å²) >= 11 is 0. The lowest BCUT2D eigenvalue weighted by atomic mass is 10.2. The number of non-ortho nitro benzene ring substituents is 1. The van der Waals surface area contributed by atoms with Gasteiger partial charge in [-0.2, -0.15) is 5.10 Å². The third-order valence-electron chi connectivity index (χ3n) is 2.85. The largest absolute Gasteiger partial charge is 0.270 e. The molecule has 0 unspecified atom stereocenters. The zero-order valence-electron chi connectivity index (χ0n) is 10.4. The average Bonchev–Trinajstić information content (AvgIpc) is 2.89. The number of nitrogens with zero attached hydrogens (tertiary/aromatic N) is 4. The molecule has 0 aliphatic carbocycles. The van der Waals surface area contributed by atoms with E-state index in [2.05, 4.69) is 10.1 Å². The number of para-hydroxylation sites is 2. The molecular weight excluding hydrogens is 256 g/mol. The van der Waals surface area contributed by atoms with Gasteiger partial charge in [0.15, 0.2) is 0 Å². The lowest BCUT2D eigenvalue weighted by Gasteiger charge is -1.96. The molecule has 0 saturated carbocycles. The zero-order valence-corrected chi connectivity index (χ0v) is 10.4. The first kappa shape index (κ1) is 12.0. The number of nitro groups is 1. The summed E-state index contributed by atoms with van der Waals surface area (Å²) < 4.78 is 1.63. The van der Waals surface area contributed by atoms with Crippen molar-refractivity contribution < 1.29 is 4.92 Å². The van der Waals surface area contributed by atoms with Crippen molar-refractivity contribution in [1.29, 1.82) is 0 Å². The van der Waals surface area contributed by atoms with Crippen LogP contribution in [0.15, 0.2) is 60.0 Å².